The molecule has 4 nitrogen and oxygen atoms in total. The van der Waals surface area contributed by atoms with Gasteiger partial charge in [0.15, 0.2) is 5.78 Å². The maximum absolute atomic E-state index is 11.3. The number of nitro benzene ring substituents is 1. The van der Waals surface area contributed by atoms with Crippen LogP contribution in [0, 0.1) is 10.1 Å². The topological polar surface area (TPSA) is 60.2 Å². The standard InChI is InChI=1S/C8H4BrCl2NO3/c9-3-7(13)5-1-4(12(14)15)2-6(10)8(5)11/h1-2H,3H2. The van der Waals surface area contributed by atoms with E-state index in [4.69, 9.17) is 23.2 Å². The molecule has 0 fully saturated rings. The van der Waals surface area contributed by atoms with Crippen molar-refractivity contribution in [3.05, 3.63) is 37.9 Å². The molecule has 0 amide bonds. The van der Waals surface area contributed by atoms with Gasteiger partial charge in [-0.1, -0.05) is 39.1 Å². The summed E-state index contributed by atoms with van der Waals surface area (Å²) in [6, 6.07) is 2.21. The minimum absolute atomic E-state index is 0.00448. The fourth-order valence-corrected chi connectivity index (χ4v) is 1.69. The van der Waals surface area contributed by atoms with Crippen LogP contribution >= 0.6 is 39.1 Å². The second-order valence-corrected chi connectivity index (χ2v) is 3.95. The van der Waals surface area contributed by atoms with E-state index in [0.29, 0.717) is 0 Å². The Morgan fingerprint density at radius 2 is 2.07 bits per heavy atom. The van der Waals surface area contributed by atoms with Gasteiger partial charge in [0.25, 0.3) is 5.69 Å². The summed E-state index contributed by atoms with van der Waals surface area (Å²) < 4.78 is 0. The smallest absolute Gasteiger partial charge is 0.271 e. The third kappa shape index (κ3) is 2.68. The number of ketones is 1. The molecule has 80 valence electrons. The summed E-state index contributed by atoms with van der Waals surface area (Å²) in [6.45, 7) is 0. The van der Waals surface area contributed by atoms with E-state index >= 15 is 0 Å². The van der Waals surface area contributed by atoms with Gasteiger partial charge in [0.05, 0.1) is 20.3 Å². The van der Waals surface area contributed by atoms with E-state index in [1.807, 2.05) is 0 Å². The van der Waals surface area contributed by atoms with Gasteiger partial charge in [0.2, 0.25) is 0 Å². The molecule has 1 aromatic rings. The highest BCUT2D eigenvalue weighted by Crippen LogP contribution is 2.31. The van der Waals surface area contributed by atoms with Crippen LogP contribution in [0.4, 0.5) is 5.69 Å². The monoisotopic (exact) mass is 311 g/mol. The van der Waals surface area contributed by atoms with Crippen LogP contribution in [0.1, 0.15) is 10.4 Å². The minimum Gasteiger partial charge on any atom is -0.293 e. The van der Waals surface area contributed by atoms with Gasteiger partial charge in [0, 0.05) is 17.7 Å². The molecule has 0 unspecified atom stereocenters. The second kappa shape index (κ2) is 4.92. The highest BCUT2D eigenvalue weighted by molar-refractivity contribution is 9.09. The molecule has 1 aromatic carbocycles. The molecule has 0 bridgehead atoms. The summed E-state index contributed by atoms with van der Waals surface area (Å²) in [4.78, 5) is 21.2. The summed E-state index contributed by atoms with van der Waals surface area (Å²) in [6.07, 6.45) is 0. The number of halogens is 3. The van der Waals surface area contributed by atoms with Crippen LogP contribution in [0.15, 0.2) is 12.1 Å². The Bertz CT molecular complexity index is 436. The van der Waals surface area contributed by atoms with Crippen LogP contribution in [0.25, 0.3) is 0 Å². The highest BCUT2D eigenvalue weighted by atomic mass is 79.9. The maximum Gasteiger partial charge on any atom is 0.271 e. The van der Waals surface area contributed by atoms with Crippen molar-refractivity contribution < 1.29 is 9.72 Å². The zero-order chi connectivity index (χ0) is 11.6. The molecule has 15 heavy (non-hydrogen) atoms. The molecule has 0 atom stereocenters. The SMILES string of the molecule is O=C(CBr)c1cc([N+](=O)[O-])cc(Cl)c1Cl. The quantitative estimate of drug-likeness (QED) is 0.371. The lowest BCUT2D eigenvalue weighted by atomic mass is 10.1. The van der Waals surface area contributed by atoms with Crippen molar-refractivity contribution >= 4 is 50.6 Å². The van der Waals surface area contributed by atoms with Gasteiger partial charge in [-0.25, -0.2) is 0 Å². The third-order valence-electron chi connectivity index (χ3n) is 1.65. The molecule has 1 rings (SSSR count). The molecule has 0 heterocycles. The fraction of sp³-hybridized carbons (Fsp3) is 0.125. The molecule has 0 saturated carbocycles. The molecule has 0 saturated heterocycles. The number of rotatable bonds is 3. The van der Waals surface area contributed by atoms with Crippen molar-refractivity contribution in [3.8, 4) is 0 Å². The second-order valence-electron chi connectivity index (χ2n) is 2.60. The first-order chi connectivity index (χ1) is 6.97. The molecule has 0 aliphatic carbocycles. The van der Waals surface area contributed by atoms with Crippen molar-refractivity contribution in [2.24, 2.45) is 0 Å². The van der Waals surface area contributed by atoms with Crippen LogP contribution in [-0.4, -0.2) is 16.0 Å². The Labute approximate surface area is 103 Å². The molecular weight excluding hydrogens is 309 g/mol. The first kappa shape index (κ1) is 12.4. The Kier molecular flexibility index (Phi) is 4.07. The number of Topliss-reactive ketones (excluding diaryl/α,β-unsaturated/α-hetero) is 1. The first-order valence-electron chi connectivity index (χ1n) is 3.70. The van der Waals surface area contributed by atoms with Crippen LogP contribution in [0.2, 0.25) is 10.0 Å². The van der Waals surface area contributed by atoms with Gasteiger partial charge in [-0.2, -0.15) is 0 Å². The largest absolute Gasteiger partial charge is 0.293 e. The summed E-state index contributed by atoms with van der Waals surface area (Å²) in [5.74, 6) is -0.356. The van der Waals surface area contributed by atoms with E-state index < -0.39 is 4.92 Å². The number of nitrogens with zero attached hydrogens (tertiary/aromatic N) is 1. The van der Waals surface area contributed by atoms with Crippen LogP contribution in [-0.2, 0) is 0 Å². The zero-order valence-corrected chi connectivity index (χ0v) is 10.3. The number of nitro groups is 1. The summed E-state index contributed by atoms with van der Waals surface area (Å²) in [5.41, 5.74) is -0.207. The number of alkyl halides is 1. The number of hydrogen-bond donors (Lipinski definition) is 0. The highest BCUT2D eigenvalue weighted by Gasteiger charge is 2.18. The van der Waals surface area contributed by atoms with Gasteiger partial charge >= 0.3 is 0 Å². The van der Waals surface area contributed by atoms with Crippen molar-refractivity contribution in [1.82, 2.24) is 0 Å². The van der Waals surface area contributed by atoms with Crippen molar-refractivity contribution in [3.63, 3.8) is 0 Å². The Morgan fingerprint density at radius 3 is 2.53 bits per heavy atom. The van der Waals surface area contributed by atoms with E-state index in [2.05, 4.69) is 15.9 Å². The molecule has 0 N–H and O–H groups in total. The van der Waals surface area contributed by atoms with E-state index in [-0.39, 0.29) is 32.4 Å². The normalized spacial score (nSPS) is 10.1. The van der Waals surface area contributed by atoms with Crippen LogP contribution < -0.4 is 0 Å². The zero-order valence-electron chi connectivity index (χ0n) is 7.17. The average molecular weight is 313 g/mol. The molecule has 7 heteroatoms. The van der Waals surface area contributed by atoms with Gasteiger partial charge in [-0.05, 0) is 0 Å². The molecule has 0 aromatic heterocycles. The number of hydrogen-bond acceptors (Lipinski definition) is 3. The van der Waals surface area contributed by atoms with Gasteiger partial charge in [-0.15, -0.1) is 0 Å². The predicted molar refractivity (Wildman–Crippen MR) is 61.2 cm³/mol. The maximum atomic E-state index is 11.3. The van der Waals surface area contributed by atoms with E-state index in [0.717, 1.165) is 12.1 Å². The number of carbonyl (C=O) groups is 1. The number of carbonyl (C=O) groups excluding carboxylic acids is 1. The average Bonchev–Trinajstić information content (AvgIpc) is 2.20. The lowest BCUT2D eigenvalue weighted by molar-refractivity contribution is -0.384. The molecule has 0 aliphatic heterocycles. The lowest BCUT2D eigenvalue weighted by Crippen LogP contribution is -2.02. The third-order valence-corrected chi connectivity index (χ3v) is 2.96. The molecule has 0 aliphatic rings. The Balaban J connectivity index is 3.37. The van der Waals surface area contributed by atoms with Crippen LogP contribution in [0.3, 0.4) is 0 Å². The van der Waals surface area contributed by atoms with Crippen molar-refractivity contribution in [2.75, 3.05) is 5.33 Å². The summed E-state index contributed by atoms with van der Waals surface area (Å²) in [7, 11) is 0. The fourth-order valence-electron chi connectivity index (χ4n) is 0.955. The number of non-ortho nitro benzene ring substituents is 1. The molecule has 0 radical (unpaired) electrons. The van der Waals surface area contributed by atoms with Crippen molar-refractivity contribution in [1.29, 1.82) is 0 Å². The van der Waals surface area contributed by atoms with Crippen LogP contribution in [0.5, 0.6) is 0 Å². The summed E-state index contributed by atoms with van der Waals surface area (Å²) in [5, 5.41) is 10.6. The van der Waals surface area contributed by atoms with E-state index in [1.165, 1.54) is 0 Å². The van der Waals surface area contributed by atoms with E-state index in [1.54, 1.807) is 0 Å². The summed E-state index contributed by atoms with van der Waals surface area (Å²) >= 11 is 14.4. The van der Waals surface area contributed by atoms with Crippen molar-refractivity contribution in [2.45, 2.75) is 0 Å². The minimum atomic E-state index is -0.632. The Hall–Kier alpha value is -0.650. The van der Waals surface area contributed by atoms with Gasteiger partial charge in [0.1, 0.15) is 0 Å². The van der Waals surface area contributed by atoms with Gasteiger partial charge < -0.3 is 0 Å². The first-order valence-corrected chi connectivity index (χ1v) is 5.57. The predicted octanol–water partition coefficient (Wildman–Crippen LogP) is 3.48. The lowest BCUT2D eigenvalue weighted by Gasteiger charge is -2.02. The number of benzene rings is 1. The van der Waals surface area contributed by atoms with Gasteiger partial charge in [-0.3, -0.25) is 14.9 Å². The Morgan fingerprint density at radius 1 is 1.47 bits per heavy atom. The molecule has 0 spiro atoms. The van der Waals surface area contributed by atoms with E-state index in [9.17, 15) is 14.9 Å². The molecular formula is C8H4BrCl2NO3.